The number of hydrogen-bond acceptors (Lipinski definition) is 1. The summed E-state index contributed by atoms with van der Waals surface area (Å²) in [6.07, 6.45) is 24.9. The Hall–Kier alpha value is -0.570. The van der Waals surface area contributed by atoms with Crippen molar-refractivity contribution in [3.8, 4) is 0 Å². The van der Waals surface area contributed by atoms with Crippen molar-refractivity contribution >= 4 is 5.91 Å². The van der Waals surface area contributed by atoms with Gasteiger partial charge in [0.05, 0.1) is 32.7 Å². The molecule has 5 aliphatic rings. The van der Waals surface area contributed by atoms with Crippen LogP contribution >= 0.6 is 0 Å². The molecule has 2 unspecified atom stereocenters. The molecule has 39 heavy (non-hydrogen) atoms. The molecule has 0 aromatic heterocycles. The highest BCUT2D eigenvalue weighted by atomic mass is 16.1. The van der Waals surface area contributed by atoms with Crippen molar-refractivity contribution in [2.75, 3.05) is 32.7 Å². The van der Waals surface area contributed by atoms with E-state index >= 15 is 0 Å². The lowest BCUT2D eigenvalue weighted by Crippen LogP contribution is -2.53. The van der Waals surface area contributed by atoms with Gasteiger partial charge in [0.15, 0.2) is 0 Å². The van der Waals surface area contributed by atoms with Crippen molar-refractivity contribution in [2.24, 2.45) is 46.3 Å². The summed E-state index contributed by atoms with van der Waals surface area (Å²) in [5, 5.41) is 3.36. The van der Waals surface area contributed by atoms with Gasteiger partial charge >= 0.3 is 0 Å². The molecule has 1 saturated heterocycles. The van der Waals surface area contributed by atoms with E-state index in [1.165, 1.54) is 127 Å². The van der Waals surface area contributed by atoms with E-state index in [2.05, 4.69) is 33.0 Å². The number of rotatable bonds is 12. The third kappa shape index (κ3) is 6.15. The lowest BCUT2D eigenvalue weighted by atomic mass is 9.44. The average Bonchev–Trinajstić information content (AvgIpc) is 3.54. The Kier molecular flexibility index (Phi) is 9.77. The third-order valence-corrected chi connectivity index (χ3v) is 14.1. The lowest BCUT2D eigenvalue weighted by molar-refractivity contribution is -0.915. The van der Waals surface area contributed by atoms with Gasteiger partial charge in [-0.15, -0.1) is 0 Å². The Morgan fingerprint density at radius 1 is 0.846 bits per heavy atom. The first-order valence-corrected chi connectivity index (χ1v) is 17.9. The first-order chi connectivity index (χ1) is 18.8. The smallest absolute Gasteiger partial charge is 0.220 e. The van der Waals surface area contributed by atoms with E-state index in [0.717, 1.165) is 55.5 Å². The predicted octanol–water partition coefficient (Wildman–Crippen LogP) is 8.76. The van der Waals surface area contributed by atoms with Gasteiger partial charge in [-0.3, -0.25) is 4.79 Å². The van der Waals surface area contributed by atoms with Crippen LogP contribution < -0.4 is 5.32 Å². The summed E-state index contributed by atoms with van der Waals surface area (Å²) < 4.78 is 1.27. The molecule has 4 aliphatic carbocycles. The number of amides is 1. The van der Waals surface area contributed by atoms with Gasteiger partial charge in [0.2, 0.25) is 5.91 Å². The molecule has 5 fully saturated rings. The van der Waals surface area contributed by atoms with E-state index in [4.69, 9.17) is 0 Å². The van der Waals surface area contributed by atoms with E-state index < -0.39 is 0 Å². The monoisotopic (exact) mass is 542 g/mol. The van der Waals surface area contributed by atoms with Crippen LogP contribution in [0.2, 0.25) is 0 Å². The minimum absolute atomic E-state index is 0.317. The molecular formula is C36H65N2O+. The van der Waals surface area contributed by atoms with Crippen LogP contribution in [0.5, 0.6) is 0 Å². The molecule has 1 amide bonds. The molecule has 3 heteroatoms. The van der Waals surface area contributed by atoms with E-state index in [9.17, 15) is 4.79 Å². The van der Waals surface area contributed by atoms with Crippen LogP contribution in [0.4, 0.5) is 0 Å². The predicted molar refractivity (Wildman–Crippen MR) is 164 cm³/mol. The molecule has 4 saturated carbocycles. The molecular weight excluding hydrogens is 476 g/mol. The number of carbonyl (C=O) groups is 1. The van der Waals surface area contributed by atoms with Crippen molar-refractivity contribution < 1.29 is 9.28 Å². The van der Waals surface area contributed by atoms with Crippen LogP contribution in [-0.4, -0.2) is 43.1 Å². The number of fused-ring (bicyclic) bond motifs is 5. The number of carbonyl (C=O) groups excluding carboxylic acids is 1. The lowest BCUT2D eigenvalue weighted by Gasteiger charge is -2.61. The van der Waals surface area contributed by atoms with Gasteiger partial charge in [0, 0.05) is 19.3 Å². The minimum Gasteiger partial charge on any atom is -0.350 e. The summed E-state index contributed by atoms with van der Waals surface area (Å²) in [4.78, 5) is 12.9. The fraction of sp³-hybridized carbons (Fsp3) is 0.972. The van der Waals surface area contributed by atoms with Gasteiger partial charge in [0.1, 0.15) is 0 Å². The van der Waals surface area contributed by atoms with Gasteiger partial charge in [-0.2, -0.15) is 0 Å². The average molecular weight is 542 g/mol. The standard InChI is InChI=1S/C36H64N2O/c1-5-6-7-10-24-38(25-11-12-26-38)27-23-37-34(39)19-14-28(2)31-17-18-32-30-16-15-29-13-8-9-21-35(29,3)33(30)20-22-36(31,32)4/h28-33H,5-27H2,1-4H3/p+1/t28?,29?,30-,31+,32-,33-,35-,36+/m0/s1. The number of hydrogen-bond donors (Lipinski definition) is 1. The van der Waals surface area contributed by atoms with Crippen molar-refractivity contribution in [1.82, 2.24) is 5.32 Å². The third-order valence-electron chi connectivity index (χ3n) is 14.1. The minimum atomic E-state index is 0.317. The molecule has 3 nitrogen and oxygen atoms in total. The van der Waals surface area contributed by atoms with E-state index in [0.29, 0.717) is 22.7 Å². The maximum Gasteiger partial charge on any atom is 0.220 e. The maximum atomic E-state index is 12.9. The van der Waals surface area contributed by atoms with Gasteiger partial charge in [-0.1, -0.05) is 53.4 Å². The molecule has 1 heterocycles. The van der Waals surface area contributed by atoms with Crippen LogP contribution in [0.3, 0.4) is 0 Å². The first-order valence-electron chi connectivity index (χ1n) is 17.9. The Balaban J connectivity index is 1.08. The van der Waals surface area contributed by atoms with Gasteiger partial charge in [-0.05, 0) is 117 Å². The zero-order chi connectivity index (χ0) is 27.5. The van der Waals surface area contributed by atoms with E-state index in [-0.39, 0.29) is 0 Å². The van der Waals surface area contributed by atoms with Crippen molar-refractivity contribution in [1.29, 1.82) is 0 Å². The summed E-state index contributed by atoms with van der Waals surface area (Å²) in [7, 11) is 0. The van der Waals surface area contributed by atoms with Gasteiger partial charge in [0.25, 0.3) is 0 Å². The number of nitrogens with one attached hydrogen (secondary N) is 1. The van der Waals surface area contributed by atoms with E-state index in [1.54, 1.807) is 0 Å². The highest BCUT2D eigenvalue weighted by molar-refractivity contribution is 5.75. The highest BCUT2D eigenvalue weighted by Crippen LogP contribution is 2.68. The van der Waals surface area contributed by atoms with Crippen molar-refractivity contribution in [2.45, 2.75) is 143 Å². The largest absolute Gasteiger partial charge is 0.350 e. The highest BCUT2D eigenvalue weighted by Gasteiger charge is 2.60. The summed E-state index contributed by atoms with van der Waals surface area (Å²) in [5.74, 6) is 5.80. The summed E-state index contributed by atoms with van der Waals surface area (Å²) in [5.41, 5.74) is 1.18. The quantitative estimate of drug-likeness (QED) is 0.194. The molecule has 5 rings (SSSR count). The van der Waals surface area contributed by atoms with Crippen LogP contribution in [0.1, 0.15) is 143 Å². The second-order valence-corrected chi connectivity index (χ2v) is 16.0. The molecule has 224 valence electrons. The number of likely N-dealkylation sites (tertiary alicyclic amines) is 1. The van der Waals surface area contributed by atoms with Crippen LogP contribution in [0, 0.1) is 46.3 Å². The maximum absolute atomic E-state index is 12.9. The Morgan fingerprint density at radius 2 is 1.64 bits per heavy atom. The van der Waals surface area contributed by atoms with Gasteiger partial charge < -0.3 is 9.80 Å². The molecule has 0 spiro atoms. The topological polar surface area (TPSA) is 29.1 Å². The SMILES string of the molecule is CCCCCC[N+]1(CCNC(=O)CCC(C)[C@H]2CC[C@H]3[C@@H]4CCC5CCCC[C@]5(C)[C@H]4CC[C@]23C)CCCC1. The normalized spacial score (nSPS) is 39.9. The molecule has 0 radical (unpaired) electrons. The Morgan fingerprint density at radius 3 is 2.44 bits per heavy atom. The van der Waals surface area contributed by atoms with Crippen molar-refractivity contribution in [3.63, 3.8) is 0 Å². The van der Waals surface area contributed by atoms with Crippen LogP contribution in [-0.2, 0) is 4.79 Å². The molecule has 0 aromatic rings. The molecule has 8 atom stereocenters. The molecule has 0 bridgehead atoms. The number of unbranched alkanes of at least 4 members (excludes halogenated alkanes) is 3. The number of quaternary nitrogens is 1. The van der Waals surface area contributed by atoms with E-state index in [1.807, 2.05) is 0 Å². The zero-order valence-electron chi connectivity index (χ0n) is 26.6. The molecule has 1 N–H and O–H groups in total. The second kappa shape index (κ2) is 12.7. The van der Waals surface area contributed by atoms with Crippen LogP contribution in [0.15, 0.2) is 0 Å². The Bertz CT molecular complexity index is 804. The number of nitrogens with zero attached hydrogens (tertiary/aromatic N) is 1. The van der Waals surface area contributed by atoms with Crippen LogP contribution in [0.25, 0.3) is 0 Å². The first kappa shape index (κ1) is 29.9. The van der Waals surface area contributed by atoms with Crippen molar-refractivity contribution in [3.05, 3.63) is 0 Å². The molecule has 1 aliphatic heterocycles. The summed E-state index contributed by atoms with van der Waals surface area (Å²) in [6, 6.07) is 0. The summed E-state index contributed by atoms with van der Waals surface area (Å²) in [6.45, 7) is 16.2. The Labute approximate surface area is 242 Å². The summed E-state index contributed by atoms with van der Waals surface area (Å²) >= 11 is 0. The second-order valence-electron chi connectivity index (χ2n) is 16.0. The molecule has 0 aromatic carbocycles. The fourth-order valence-electron chi connectivity index (χ4n) is 11.8. The zero-order valence-corrected chi connectivity index (χ0v) is 26.6. The fourth-order valence-corrected chi connectivity index (χ4v) is 11.8. The van der Waals surface area contributed by atoms with Gasteiger partial charge in [-0.25, -0.2) is 0 Å².